The fourth-order valence-electron chi connectivity index (χ4n) is 2.71. The van der Waals surface area contributed by atoms with E-state index in [-0.39, 0.29) is 17.0 Å². The number of non-ortho nitro benzene ring substituents is 1. The van der Waals surface area contributed by atoms with Gasteiger partial charge in [-0.1, -0.05) is 30.3 Å². The molecule has 3 rings (SSSR count). The number of nitro groups is 1. The van der Waals surface area contributed by atoms with E-state index in [1.165, 1.54) is 54.1 Å². The topological polar surface area (TPSA) is 95.7 Å². The van der Waals surface area contributed by atoms with Crippen molar-refractivity contribution in [2.24, 2.45) is 0 Å². The summed E-state index contributed by atoms with van der Waals surface area (Å²) >= 11 is 0. The van der Waals surface area contributed by atoms with Crippen LogP contribution in [0.15, 0.2) is 78.9 Å². The number of esters is 2. The average Bonchev–Trinajstić information content (AvgIpc) is 2.78. The van der Waals surface area contributed by atoms with Crippen molar-refractivity contribution in [1.29, 1.82) is 0 Å². The van der Waals surface area contributed by atoms with Gasteiger partial charge in [0.15, 0.2) is 0 Å². The molecule has 0 N–H and O–H groups in total. The molecule has 0 unspecified atom stereocenters. The minimum Gasteiger partial charge on any atom is -0.462 e. The zero-order valence-corrected chi connectivity index (χ0v) is 16.0. The Balaban J connectivity index is 1.48. The Morgan fingerprint density at radius 2 is 1.40 bits per heavy atom. The predicted molar refractivity (Wildman–Crippen MR) is 110 cm³/mol. The van der Waals surface area contributed by atoms with Crippen molar-refractivity contribution in [3.8, 4) is 5.75 Å². The second-order valence-electron chi connectivity index (χ2n) is 6.44. The zero-order chi connectivity index (χ0) is 21.3. The first-order valence-electron chi connectivity index (χ1n) is 9.31. The number of carbonyl (C=O) groups is 2. The lowest BCUT2D eigenvalue weighted by Crippen LogP contribution is -2.09. The van der Waals surface area contributed by atoms with Gasteiger partial charge in [0.05, 0.1) is 22.7 Å². The molecule has 0 aliphatic rings. The lowest BCUT2D eigenvalue weighted by atomic mass is 10.1. The third-order valence-corrected chi connectivity index (χ3v) is 4.30. The summed E-state index contributed by atoms with van der Waals surface area (Å²) in [6.45, 7) is 0.310. The molecule has 0 spiro atoms. The lowest BCUT2D eigenvalue weighted by molar-refractivity contribution is -0.384. The van der Waals surface area contributed by atoms with Gasteiger partial charge < -0.3 is 9.47 Å². The van der Waals surface area contributed by atoms with Crippen LogP contribution in [-0.2, 0) is 11.2 Å². The number of nitro benzene ring substituents is 1. The van der Waals surface area contributed by atoms with E-state index in [4.69, 9.17) is 9.47 Å². The predicted octanol–water partition coefficient (Wildman–Crippen LogP) is 4.60. The SMILES string of the molecule is O=C(OCCCc1ccccc1)c1ccc(OC(=O)c2ccc([N+](=O)[O-])cc2)cc1. The van der Waals surface area contributed by atoms with Gasteiger partial charge in [0.25, 0.3) is 5.69 Å². The summed E-state index contributed by atoms with van der Waals surface area (Å²) < 4.78 is 10.5. The fraction of sp³-hybridized carbons (Fsp3) is 0.130. The highest BCUT2D eigenvalue weighted by Crippen LogP contribution is 2.17. The number of nitrogens with zero attached hydrogens (tertiary/aromatic N) is 1. The molecule has 0 aliphatic carbocycles. The van der Waals surface area contributed by atoms with Gasteiger partial charge in [0.2, 0.25) is 0 Å². The molecule has 0 aromatic heterocycles. The van der Waals surface area contributed by atoms with Gasteiger partial charge in [-0.15, -0.1) is 0 Å². The first-order valence-corrected chi connectivity index (χ1v) is 9.31. The molecule has 0 radical (unpaired) electrons. The van der Waals surface area contributed by atoms with Crippen LogP contribution in [0.25, 0.3) is 0 Å². The van der Waals surface area contributed by atoms with Crippen LogP contribution >= 0.6 is 0 Å². The van der Waals surface area contributed by atoms with E-state index in [1.54, 1.807) is 0 Å². The maximum Gasteiger partial charge on any atom is 0.343 e. The highest BCUT2D eigenvalue weighted by Gasteiger charge is 2.13. The first kappa shape index (κ1) is 20.7. The van der Waals surface area contributed by atoms with Crippen LogP contribution in [0.4, 0.5) is 5.69 Å². The lowest BCUT2D eigenvalue weighted by Gasteiger charge is -2.07. The van der Waals surface area contributed by atoms with E-state index in [0.717, 1.165) is 12.8 Å². The molecule has 0 amide bonds. The number of benzene rings is 3. The summed E-state index contributed by atoms with van der Waals surface area (Å²) in [5, 5.41) is 10.7. The number of carbonyl (C=O) groups excluding carboxylic acids is 2. The normalized spacial score (nSPS) is 10.3. The molecule has 152 valence electrons. The quantitative estimate of drug-likeness (QED) is 0.179. The Morgan fingerprint density at radius 1 is 0.800 bits per heavy atom. The molecule has 7 heteroatoms. The van der Waals surface area contributed by atoms with Crippen LogP contribution in [0.1, 0.15) is 32.7 Å². The minimum atomic E-state index is -0.652. The van der Waals surface area contributed by atoms with Crippen molar-refractivity contribution >= 4 is 17.6 Å². The molecule has 3 aromatic carbocycles. The summed E-state index contributed by atoms with van der Waals surface area (Å²) in [5.74, 6) is -0.851. The van der Waals surface area contributed by atoms with E-state index in [0.29, 0.717) is 12.2 Å². The van der Waals surface area contributed by atoms with E-state index < -0.39 is 16.9 Å². The molecule has 0 fully saturated rings. The average molecular weight is 405 g/mol. The molecular weight excluding hydrogens is 386 g/mol. The van der Waals surface area contributed by atoms with Gasteiger partial charge in [0, 0.05) is 12.1 Å². The van der Waals surface area contributed by atoms with E-state index >= 15 is 0 Å². The maximum absolute atomic E-state index is 12.1. The first-order chi connectivity index (χ1) is 14.5. The Kier molecular flexibility index (Phi) is 6.89. The van der Waals surface area contributed by atoms with Crippen molar-refractivity contribution in [1.82, 2.24) is 0 Å². The van der Waals surface area contributed by atoms with Crippen LogP contribution in [0.2, 0.25) is 0 Å². The molecule has 0 aliphatic heterocycles. The van der Waals surface area contributed by atoms with Crippen LogP contribution in [-0.4, -0.2) is 23.5 Å². The number of ether oxygens (including phenoxy) is 2. The summed E-state index contributed by atoms with van der Waals surface area (Å²) in [7, 11) is 0. The summed E-state index contributed by atoms with van der Waals surface area (Å²) in [6.07, 6.45) is 1.55. The molecule has 0 atom stereocenters. The van der Waals surface area contributed by atoms with Gasteiger partial charge in [-0.25, -0.2) is 9.59 Å². The Bertz CT molecular complexity index is 1010. The van der Waals surface area contributed by atoms with Gasteiger partial charge >= 0.3 is 11.9 Å². The van der Waals surface area contributed by atoms with Gasteiger partial charge in [-0.05, 0) is 54.8 Å². The van der Waals surface area contributed by atoms with Crippen molar-refractivity contribution in [3.63, 3.8) is 0 Å². The Morgan fingerprint density at radius 3 is 2.03 bits per heavy atom. The molecular formula is C23H19NO6. The maximum atomic E-state index is 12.1. The second kappa shape index (κ2) is 9.97. The summed E-state index contributed by atoms with van der Waals surface area (Å²) in [6, 6.07) is 21.1. The second-order valence-corrected chi connectivity index (χ2v) is 6.44. The van der Waals surface area contributed by atoms with Crippen molar-refractivity contribution in [2.45, 2.75) is 12.8 Å². The minimum absolute atomic E-state index is 0.113. The number of hydrogen-bond donors (Lipinski definition) is 0. The van der Waals surface area contributed by atoms with E-state index in [9.17, 15) is 19.7 Å². The molecule has 0 saturated heterocycles. The Labute approximate surface area is 173 Å². The number of rotatable bonds is 8. The van der Waals surface area contributed by atoms with Crippen molar-refractivity contribution < 1.29 is 24.0 Å². The third-order valence-electron chi connectivity index (χ3n) is 4.30. The molecule has 3 aromatic rings. The van der Waals surface area contributed by atoms with Gasteiger partial charge in [-0.3, -0.25) is 10.1 Å². The summed E-state index contributed by atoms with van der Waals surface area (Å²) in [4.78, 5) is 34.3. The highest BCUT2D eigenvalue weighted by atomic mass is 16.6. The van der Waals surface area contributed by atoms with E-state index in [2.05, 4.69) is 0 Å². The highest BCUT2D eigenvalue weighted by molar-refractivity contribution is 5.92. The molecule has 30 heavy (non-hydrogen) atoms. The molecule has 7 nitrogen and oxygen atoms in total. The van der Waals surface area contributed by atoms with Gasteiger partial charge in [-0.2, -0.15) is 0 Å². The van der Waals surface area contributed by atoms with Crippen molar-refractivity contribution in [3.05, 3.63) is 106 Å². The standard InChI is InChI=1S/C23H19NO6/c25-22(29-16-4-7-17-5-2-1-3-6-17)18-10-14-21(15-11-18)30-23(26)19-8-12-20(13-9-19)24(27)28/h1-3,5-6,8-15H,4,7,16H2. The van der Waals surface area contributed by atoms with Crippen LogP contribution in [0, 0.1) is 10.1 Å². The smallest absolute Gasteiger partial charge is 0.343 e. The summed E-state index contributed by atoms with van der Waals surface area (Å²) in [5.41, 5.74) is 1.61. The number of aryl methyl sites for hydroxylation is 1. The van der Waals surface area contributed by atoms with Crippen LogP contribution in [0.5, 0.6) is 5.75 Å². The van der Waals surface area contributed by atoms with Crippen molar-refractivity contribution in [2.75, 3.05) is 6.61 Å². The molecule has 0 saturated carbocycles. The monoisotopic (exact) mass is 405 g/mol. The molecule has 0 heterocycles. The molecule has 0 bridgehead atoms. The third kappa shape index (κ3) is 5.75. The number of hydrogen-bond acceptors (Lipinski definition) is 6. The van der Waals surface area contributed by atoms with Crippen LogP contribution < -0.4 is 4.74 Å². The Hall–Kier alpha value is -4.00. The van der Waals surface area contributed by atoms with E-state index in [1.807, 2.05) is 30.3 Å². The van der Waals surface area contributed by atoms with Gasteiger partial charge in [0.1, 0.15) is 5.75 Å². The zero-order valence-electron chi connectivity index (χ0n) is 16.0. The van der Waals surface area contributed by atoms with Crippen LogP contribution in [0.3, 0.4) is 0 Å². The fourth-order valence-corrected chi connectivity index (χ4v) is 2.71. The largest absolute Gasteiger partial charge is 0.462 e.